The summed E-state index contributed by atoms with van der Waals surface area (Å²) in [5, 5.41) is 3.39. The number of hydrogen-bond donors (Lipinski definition) is 1. The summed E-state index contributed by atoms with van der Waals surface area (Å²) in [6.45, 7) is 5.37. The average Bonchev–Trinajstić information content (AvgIpc) is 2.03. The second-order valence-electron chi connectivity index (χ2n) is 2.89. The molecule has 0 bridgehead atoms. The predicted octanol–water partition coefficient (Wildman–Crippen LogP) is 3.42. The van der Waals surface area contributed by atoms with Crippen LogP contribution in [0.3, 0.4) is 0 Å². The van der Waals surface area contributed by atoms with Crippen LogP contribution in [0.2, 0.25) is 0 Å². The van der Waals surface area contributed by atoms with E-state index in [1.807, 2.05) is 0 Å². The Morgan fingerprint density at radius 1 is 1.42 bits per heavy atom. The Bertz CT molecular complexity index is 258. The van der Waals surface area contributed by atoms with Crippen LogP contribution in [0, 0.1) is 10.5 Å². The number of aryl methyl sites for hydroxylation is 1. The van der Waals surface area contributed by atoms with Crippen LogP contribution in [0.25, 0.3) is 0 Å². The highest BCUT2D eigenvalue weighted by atomic mass is 127. The Morgan fingerprint density at radius 3 is 2.75 bits per heavy atom. The lowest BCUT2D eigenvalue weighted by molar-refractivity contribution is 0.977. The molecule has 2 heteroatoms. The fraction of sp³-hybridized carbons (Fsp3) is 0.400. The van der Waals surface area contributed by atoms with E-state index in [1.54, 1.807) is 0 Å². The van der Waals surface area contributed by atoms with Crippen molar-refractivity contribution in [3.63, 3.8) is 0 Å². The first-order valence-electron chi connectivity index (χ1n) is 4.24. The normalized spacial score (nSPS) is 9.92. The van der Waals surface area contributed by atoms with Crippen LogP contribution >= 0.6 is 22.6 Å². The first-order valence-corrected chi connectivity index (χ1v) is 5.32. The van der Waals surface area contributed by atoms with Crippen molar-refractivity contribution in [2.24, 2.45) is 0 Å². The molecule has 12 heavy (non-hydrogen) atoms. The molecule has 1 nitrogen and oxygen atoms in total. The summed E-state index contributed by atoms with van der Waals surface area (Å²) >= 11 is 2.33. The molecule has 0 aromatic heterocycles. The minimum absolute atomic E-state index is 1.06. The van der Waals surface area contributed by atoms with Crippen molar-refractivity contribution in [2.75, 3.05) is 11.9 Å². The minimum atomic E-state index is 1.06. The number of rotatable bonds is 3. The van der Waals surface area contributed by atoms with Crippen LogP contribution in [0.1, 0.15) is 18.9 Å². The van der Waals surface area contributed by atoms with Gasteiger partial charge in [-0.2, -0.15) is 0 Å². The Balaban J connectivity index is 2.72. The Hall–Kier alpha value is -0.250. The Kier molecular flexibility index (Phi) is 3.85. The summed E-state index contributed by atoms with van der Waals surface area (Å²) in [5.41, 5.74) is 2.59. The molecule has 0 saturated carbocycles. The van der Waals surface area contributed by atoms with Gasteiger partial charge in [0.15, 0.2) is 0 Å². The van der Waals surface area contributed by atoms with Gasteiger partial charge in [0.05, 0.1) is 0 Å². The molecule has 0 fully saturated rings. The maximum absolute atomic E-state index is 3.39. The molecule has 1 aromatic rings. The van der Waals surface area contributed by atoms with Crippen molar-refractivity contribution in [2.45, 2.75) is 20.3 Å². The fourth-order valence-electron chi connectivity index (χ4n) is 1.09. The zero-order valence-electron chi connectivity index (χ0n) is 7.52. The maximum atomic E-state index is 3.39. The van der Waals surface area contributed by atoms with Crippen LogP contribution in [-0.4, -0.2) is 6.54 Å². The SMILES string of the molecule is CCCNc1ccc(I)cc1C. The van der Waals surface area contributed by atoms with Crippen molar-refractivity contribution in [3.8, 4) is 0 Å². The number of nitrogens with one attached hydrogen (secondary N) is 1. The number of anilines is 1. The van der Waals surface area contributed by atoms with E-state index < -0.39 is 0 Å². The molecular formula is C10H14IN. The van der Waals surface area contributed by atoms with Gasteiger partial charge >= 0.3 is 0 Å². The standard InChI is InChI=1S/C10H14IN/c1-3-6-12-10-5-4-9(11)7-8(10)2/h4-5,7,12H,3,6H2,1-2H3. The van der Waals surface area contributed by atoms with E-state index in [-0.39, 0.29) is 0 Å². The highest BCUT2D eigenvalue weighted by Gasteiger charge is 1.96. The molecule has 66 valence electrons. The van der Waals surface area contributed by atoms with Gasteiger partial charge in [-0.3, -0.25) is 0 Å². The summed E-state index contributed by atoms with van der Waals surface area (Å²) in [4.78, 5) is 0. The van der Waals surface area contributed by atoms with E-state index in [1.165, 1.54) is 21.2 Å². The van der Waals surface area contributed by atoms with Gasteiger partial charge in [-0.1, -0.05) is 6.92 Å². The summed E-state index contributed by atoms with van der Waals surface area (Å²) in [7, 11) is 0. The lowest BCUT2D eigenvalue weighted by Gasteiger charge is -2.07. The molecule has 0 aliphatic heterocycles. The first-order chi connectivity index (χ1) is 5.74. The Morgan fingerprint density at radius 2 is 2.17 bits per heavy atom. The lowest BCUT2D eigenvalue weighted by atomic mass is 10.2. The molecule has 0 atom stereocenters. The van der Waals surface area contributed by atoms with E-state index in [0.29, 0.717) is 0 Å². The van der Waals surface area contributed by atoms with Crippen molar-refractivity contribution in [3.05, 3.63) is 27.3 Å². The molecule has 1 aromatic carbocycles. The molecule has 1 N–H and O–H groups in total. The van der Waals surface area contributed by atoms with Gasteiger partial charge in [0.2, 0.25) is 0 Å². The fourth-order valence-corrected chi connectivity index (χ4v) is 1.73. The molecular weight excluding hydrogens is 261 g/mol. The van der Waals surface area contributed by atoms with Crippen LogP contribution < -0.4 is 5.32 Å². The van der Waals surface area contributed by atoms with Crippen LogP contribution in [-0.2, 0) is 0 Å². The van der Waals surface area contributed by atoms with E-state index in [4.69, 9.17) is 0 Å². The highest BCUT2D eigenvalue weighted by molar-refractivity contribution is 14.1. The number of halogens is 1. The zero-order valence-corrected chi connectivity index (χ0v) is 9.68. The zero-order chi connectivity index (χ0) is 8.97. The van der Waals surface area contributed by atoms with Gasteiger partial charge in [0.25, 0.3) is 0 Å². The topological polar surface area (TPSA) is 12.0 Å². The summed E-state index contributed by atoms with van der Waals surface area (Å²) in [6.07, 6.45) is 1.17. The summed E-state index contributed by atoms with van der Waals surface area (Å²) < 4.78 is 1.30. The smallest absolute Gasteiger partial charge is 0.0370 e. The van der Waals surface area contributed by atoms with Gasteiger partial charge < -0.3 is 5.32 Å². The third kappa shape index (κ3) is 2.66. The predicted molar refractivity (Wildman–Crippen MR) is 62.7 cm³/mol. The van der Waals surface area contributed by atoms with E-state index in [9.17, 15) is 0 Å². The second kappa shape index (κ2) is 4.70. The molecule has 0 spiro atoms. The summed E-state index contributed by atoms with van der Waals surface area (Å²) in [5.74, 6) is 0. The molecule has 0 heterocycles. The van der Waals surface area contributed by atoms with Crippen molar-refractivity contribution in [1.29, 1.82) is 0 Å². The Labute approximate surface area is 87.7 Å². The van der Waals surface area contributed by atoms with E-state index in [0.717, 1.165) is 6.54 Å². The summed E-state index contributed by atoms with van der Waals surface area (Å²) in [6, 6.07) is 6.47. The molecule has 0 radical (unpaired) electrons. The molecule has 0 unspecified atom stereocenters. The molecule has 0 aliphatic carbocycles. The van der Waals surface area contributed by atoms with E-state index >= 15 is 0 Å². The van der Waals surface area contributed by atoms with Gasteiger partial charge in [-0.25, -0.2) is 0 Å². The first kappa shape index (κ1) is 9.84. The molecule has 0 amide bonds. The van der Waals surface area contributed by atoms with Gasteiger partial charge in [-0.05, 0) is 59.7 Å². The van der Waals surface area contributed by atoms with Crippen molar-refractivity contribution >= 4 is 28.3 Å². The van der Waals surface area contributed by atoms with Gasteiger partial charge in [-0.15, -0.1) is 0 Å². The lowest BCUT2D eigenvalue weighted by Crippen LogP contribution is -2.01. The average molecular weight is 275 g/mol. The van der Waals surface area contributed by atoms with Crippen molar-refractivity contribution in [1.82, 2.24) is 0 Å². The third-order valence-electron chi connectivity index (χ3n) is 1.75. The minimum Gasteiger partial charge on any atom is -0.385 e. The molecule has 0 saturated heterocycles. The number of hydrogen-bond acceptors (Lipinski definition) is 1. The van der Waals surface area contributed by atoms with Crippen LogP contribution in [0.15, 0.2) is 18.2 Å². The van der Waals surface area contributed by atoms with Crippen LogP contribution in [0.5, 0.6) is 0 Å². The molecule has 1 rings (SSSR count). The van der Waals surface area contributed by atoms with E-state index in [2.05, 4.69) is 60.0 Å². The van der Waals surface area contributed by atoms with Gasteiger partial charge in [0.1, 0.15) is 0 Å². The second-order valence-corrected chi connectivity index (χ2v) is 4.13. The quantitative estimate of drug-likeness (QED) is 0.833. The van der Waals surface area contributed by atoms with Gasteiger partial charge in [0, 0.05) is 15.8 Å². The monoisotopic (exact) mass is 275 g/mol. The van der Waals surface area contributed by atoms with Crippen LogP contribution in [0.4, 0.5) is 5.69 Å². The van der Waals surface area contributed by atoms with Crippen molar-refractivity contribution < 1.29 is 0 Å². The number of benzene rings is 1. The maximum Gasteiger partial charge on any atom is 0.0370 e. The third-order valence-corrected chi connectivity index (χ3v) is 2.42. The highest BCUT2D eigenvalue weighted by Crippen LogP contribution is 2.17. The molecule has 0 aliphatic rings. The largest absolute Gasteiger partial charge is 0.385 e.